The molecule has 5 aliphatic heterocycles. The molecule has 2 aromatic heterocycles. The van der Waals surface area contributed by atoms with Crippen molar-refractivity contribution < 1.29 is 23.5 Å². The maximum absolute atomic E-state index is 16.1. The van der Waals surface area contributed by atoms with Crippen LogP contribution in [0.2, 0.25) is 0 Å². The Morgan fingerprint density at radius 2 is 1.75 bits per heavy atom. The average molecular weight is 862 g/mol. The first-order valence-electron chi connectivity index (χ1n) is 23.2. The minimum atomic E-state index is -1.15. The van der Waals surface area contributed by atoms with E-state index in [1.54, 1.807) is 18.5 Å². The first-order valence-corrected chi connectivity index (χ1v) is 23.2. The van der Waals surface area contributed by atoms with Gasteiger partial charge in [0, 0.05) is 107 Å². The standard InChI is InChI=1S/C47H60FN11O4/c1-31-25-58(42-24-40(50-30-51-42)45-37-23-35(5-7-39(37)52-53-45)63-32(2)34-3-4-34)22-21-56(31)18-15-54-13-10-33(11-14-54)26-55-16-19-57(20-17-55)41-8-6-36-38(44(41)48)27-59(46(36)62)47(29-60)12-9-43(61)49-28-47/h5-8,23-24,29-34H,3-4,9-22,25-28H2,1-2H3,(H,49,61)(H,52,53)/t31-,32?,47?/m0/s1. The Kier molecular flexibility index (Phi) is 11.6. The second-order valence-electron chi connectivity index (χ2n) is 18.9. The van der Waals surface area contributed by atoms with E-state index in [4.69, 9.17) is 9.72 Å². The molecule has 10 rings (SSSR count). The molecule has 2 N–H and O–H groups in total. The van der Waals surface area contributed by atoms with Gasteiger partial charge in [0.2, 0.25) is 5.91 Å². The van der Waals surface area contributed by atoms with Gasteiger partial charge in [-0.15, -0.1) is 0 Å². The topological polar surface area (TPSA) is 146 Å². The molecule has 7 heterocycles. The maximum Gasteiger partial charge on any atom is 0.255 e. The number of carbonyl (C=O) groups excluding carboxylic acids is 3. The minimum absolute atomic E-state index is 0.0327. The quantitative estimate of drug-likeness (QED) is 0.186. The number of likely N-dealkylation sites (tertiary alicyclic amines) is 1. The number of aromatic nitrogens is 4. The number of H-pyrrole nitrogens is 1. The Bertz CT molecular complexity index is 2330. The number of rotatable bonds is 13. The Morgan fingerprint density at radius 1 is 0.937 bits per heavy atom. The highest BCUT2D eigenvalue weighted by atomic mass is 19.1. The van der Waals surface area contributed by atoms with Crippen molar-refractivity contribution in [3.05, 3.63) is 59.7 Å². The normalized spacial score (nSPS) is 24.8. The number of amides is 2. The monoisotopic (exact) mass is 861 g/mol. The molecule has 4 saturated heterocycles. The Balaban J connectivity index is 0.663. The van der Waals surface area contributed by atoms with Gasteiger partial charge in [0.15, 0.2) is 5.82 Å². The number of halogens is 1. The molecule has 5 fully saturated rings. The summed E-state index contributed by atoms with van der Waals surface area (Å²) in [5, 5.41) is 11.5. The number of aromatic amines is 1. The molecule has 0 bridgehead atoms. The molecular weight excluding hydrogens is 802 g/mol. The van der Waals surface area contributed by atoms with Crippen LogP contribution in [0.15, 0.2) is 42.7 Å². The molecule has 2 unspecified atom stereocenters. The van der Waals surface area contributed by atoms with Gasteiger partial charge >= 0.3 is 0 Å². The van der Waals surface area contributed by atoms with Gasteiger partial charge in [0.05, 0.1) is 29.5 Å². The van der Waals surface area contributed by atoms with Crippen LogP contribution in [0.3, 0.4) is 0 Å². The fourth-order valence-corrected chi connectivity index (χ4v) is 10.6. The molecule has 1 aliphatic carbocycles. The summed E-state index contributed by atoms with van der Waals surface area (Å²) < 4.78 is 22.4. The van der Waals surface area contributed by atoms with Crippen molar-refractivity contribution in [3.63, 3.8) is 0 Å². The van der Waals surface area contributed by atoms with Gasteiger partial charge in [-0.05, 0) is 101 Å². The second kappa shape index (κ2) is 17.4. The van der Waals surface area contributed by atoms with E-state index in [2.05, 4.69) is 71.0 Å². The summed E-state index contributed by atoms with van der Waals surface area (Å²) in [7, 11) is 0. The van der Waals surface area contributed by atoms with Crippen LogP contribution < -0.4 is 19.9 Å². The Morgan fingerprint density at radius 3 is 2.49 bits per heavy atom. The summed E-state index contributed by atoms with van der Waals surface area (Å²) in [5.74, 6) is 2.25. The van der Waals surface area contributed by atoms with E-state index >= 15 is 4.39 Å². The van der Waals surface area contributed by atoms with Gasteiger partial charge in [-0.1, -0.05) is 0 Å². The first kappa shape index (κ1) is 41.8. The number of nitrogens with zero attached hydrogens (tertiary/aromatic N) is 9. The number of benzene rings is 2. The van der Waals surface area contributed by atoms with Crippen LogP contribution >= 0.6 is 0 Å². The number of hydrogen-bond donors (Lipinski definition) is 2. The van der Waals surface area contributed by atoms with E-state index in [0.717, 1.165) is 119 Å². The zero-order valence-corrected chi connectivity index (χ0v) is 36.6. The Hall–Kier alpha value is -5.19. The van der Waals surface area contributed by atoms with Crippen molar-refractivity contribution in [3.8, 4) is 17.1 Å². The van der Waals surface area contributed by atoms with Crippen molar-refractivity contribution in [2.45, 2.75) is 76.6 Å². The van der Waals surface area contributed by atoms with Crippen molar-refractivity contribution in [2.75, 3.05) is 94.9 Å². The summed E-state index contributed by atoms with van der Waals surface area (Å²) in [6, 6.07) is 12.0. The number of nitrogens with one attached hydrogen (secondary N) is 2. The number of ether oxygens (including phenoxy) is 1. The molecule has 16 heteroatoms. The van der Waals surface area contributed by atoms with Crippen LogP contribution in [-0.2, 0) is 16.1 Å². The van der Waals surface area contributed by atoms with E-state index in [-0.39, 0.29) is 49.7 Å². The lowest BCUT2D eigenvalue weighted by atomic mass is 9.89. The third kappa shape index (κ3) is 8.49. The number of carbonyl (C=O) groups is 3. The van der Waals surface area contributed by atoms with Gasteiger partial charge in [0.1, 0.15) is 35.4 Å². The zero-order valence-electron chi connectivity index (χ0n) is 36.6. The van der Waals surface area contributed by atoms with E-state index in [9.17, 15) is 14.4 Å². The lowest BCUT2D eigenvalue weighted by Crippen LogP contribution is -2.60. The summed E-state index contributed by atoms with van der Waals surface area (Å²) in [5.41, 5.74) is 2.61. The average Bonchev–Trinajstić information content (AvgIpc) is 4.00. The lowest BCUT2D eigenvalue weighted by Gasteiger charge is -2.42. The molecule has 4 aromatic rings. The molecule has 2 amide bonds. The molecule has 63 heavy (non-hydrogen) atoms. The molecule has 15 nitrogen and oxygen atoms in total. The predicted molar refractivity (Wildman–Crippen MR) is 238 cm³/mol. The van der Waals surface area contributed by atoms with Crippen molar-refractivity contribution in [1.82, 2.24) is 45.1 Å². The van der Waals surface area contributed by atoms with Gasteiger partial charge in [0.25, 0.3) is 5.91 Å². The van der Waals surface area contributed by atoms with E-state index < -0.39 is 5.54 Å². The van der Waals surface area contributed by atoms with Crippen molar-refractivity contribution in [1.29, 1.82) is 0 Å². The number of piperidine rings is 2. The van der Waals surface area contributed by atoms with E-state index in [1.807, 2.05) is 12.1 Å². The van der Waals surface area contributed by atoms with Crippen LogP contribution in [0.25, 0.3) is 22.3 Å². The van der Waals surface area contributed by atoms with Gasteiger partial charge in [-0.25, -0.2) is 14.4 Å². The lowest BCUT2D eigenvalue weighted by molar-refractivity contribution is -0.128. The summed E-state index contributed by atoms with van der Waals surface area (Å²) in [4.78, 5) is 60.4. The van der Waals surface area contributed by atoms with Crippen LogP contribution in [0.5, 0.6) is 5.75 Å². The Labute approximate surface area is 368 Å². The number of anilines is 2. The smallest absolute Gasteiger partial charge is 0.255 e. The second-order valence-corrected chi connectivity index (χ2v) is 18.9. The first-order chi connectivity index (χ1) is 30.6. The largest absolute Gasteiger partial charge is 0.490 e. The highest BCUT2D eigenvalue weighted by Crippen LogP contribution is 2.38. The predicted octanol–water partition coefficient (Wildman–Crippen LogP) is 4.18. The van der Waals surface area contributed by atoms with Gasteiger partial charge < -0.3 is 34.4 Å². The van der Waals surface area contributed by atoms with Gasteiger partial charge in [-0.3, -0.25) is 24.5 Å². The molecular formula is C47H60FN11O4. The van der Waals surface area contributed by atoms with E-state index in [1.165, 1.54) is 30.6 Å². The highest BCUT2D eigenvalue weighted by Gasteiger charge is 2.47. The van der Waals surface area contributed by atoms with Crippen molar-refractivity contribution in [2.24, 2.45) is 11.8 Å². The fraction of sp³-hybridized carbons (Fsp3) is 0.574. The minimum Gasteiger partial charge on any atom is -0.490 e. The SMILES string of the molecule is CC(Oc1ccc2[nH]nc(-c3cc(N4CCN(CCN5CCC(CN6CCN(c7ccc8c(c7F)CN(C7(C=O)CCC(=O)NC7)C8=O)CC6)CC5)[C@@H](C)C4)ncn3)c2c1)C1CC1. The number of fused-ring (bicyclic) bond motifs is 2. The molecule has 3 atom stereocenters. The third-order valence-corrected chi connectivity index (χ3v) is 14.9. The maximum atomic E-state index is 16.1. The third-order valence-electron chi connectivity index (χ3n) is 14.9. The van der Waals surface area contributed by atoms with Crippen LogP contribution in [-0.4, -0.2) is 161 Å². The zero-order chi connectivity index (χ0) is 43.2. The van der Waals surface area contributed by atoms with Crippen LogP contribution in [0, 0.1) is 17.7 Å². The van der Waals surface area contributed by atoms with Gasteiger partial charge in [-0.2, -0.15) is 5.10 Å². The molecule has 0 radical (unpaired) electrons. The van der Waals surface area contributed by atoms with E-state index in [0.29, 0.717) is 34.7 Å². The summed E-state index contributed by atoms with van der Waals surface area (Å²) in [6.45, 7) is 16.0. The van der Waals surface area contributed by atoms with Crippen LogP contribution in [0.1, 0.15) is 68.3 Å². The van der Waals surface area contributed by atoms with Crippen LogP contribution in [0.4, 0.5) is 15.9 Å². The molecule has 1 saturated carbocycles. The summed E-state index contributed by atoms with van der Waals surface area (Å²) >= 11 is 0. The molecule has 334 valence electrons. The molecule has 6 aliphatic rings. The number of piperazine rings is 2. The molecule has 0 spiro atoms. The molecule has 2 aromatic carbocycles. The van der Waals surface area contributed by atoms with Crippen molar-refractivity contribution >= 4 is 40.5 Å². The highest BCUT2D eigenvalue weighted by molar-refractivity contribution is 6.01. The number of hydrogen-bond acceptors (Lipinski definition) is 12. The fourth-order valence-electron chi connectivity index (χ4n) is 10.6. The number of aldehydes is 1. The summed E-state index contributed by atoms with van der Waals surface area (Å²) in [6.07, 6.45) is 7.89.